The molecule has 0 aliphatic rings. The number of aromatic carboxylic acids is 1. The predicted molar refractivity (Wildman–Crippen MR) is 56.3 cm³/mol. The van der Waals surface area contributed by atoms with Crippen LogP contribution in [0.4, 0.5) is 0 Å². The third-order valence-corrected chi connectivity index (χ3v) is 2.01. The second kappa shape index (κ2) is 5.67. The molecule has 0 aliphatic carbocycles. The molecule has 6 heteroatoms. The molecule has 1 N–H and O–H groups in total. The normalized spacial score (nSPS) is 10.0. The lowest BCUT2D eigenvalue weighted by molar-refractivity contribution is 0.0682. The van der Waals surface area contributed by atoms with Crippen LogP contribution in [0.3, 0.4) is 0 Å². The summed E-state index contributed by atoms with van der Waals surface area (Å²) < 4.78 is 10.4. The second-order valence-electron chi connectivity index (χ2n) is 2.63. The number of ether oxygens (including phenoxy) is 2. The topological polar surface area (TPSA) is 68.7 Å². The molecule has 5 nitrogen and oxygen atoms in total. The van der Waals surface area contributed by atoms with Crippen LogP contribution >= 0.6 is 15.9 Å². The number of hydrogen-bond donors (Lipinski definition) is 1. The van der Waals surface area contributed by atoms with Gasteiger partial charge < -0.3 is 14.6 Å². The van der Waals surface area contributed by atoms with Crippen LogP contribution in [0.1, 0.15) is 10.5 Å². The van der Waals surface area contributed by atoms with Gasteiger partial charge >= 0.3 is 5.97 Å². The highest BCUT2D eigenvalue weighted by molar-refractivity contribution is 9.10. The first-order valence-corrected chi connectivity index (χ1v) is 4.96. The van der Waals surface area contributed by atoms with Gasteiger partial charge in [0.05, 0.1) is 6.61 Å². The number of rotatable bonds is 5. The molecule has 0 saturated carbocycles. The van der Waals surface area contributed by atoms with Crippen molar-refractivity contribution in [2.24, 2.45) is 0 Å². The number of methoxy groups -OCH3 is 1. The van der Waals surface area contributed by atoms with E-state index in [1.807, 2.05) is 0 Å². The second-order valence-corrected chi connectivity index (χ2v) is 3.44. The summed E-state index contributed by atoms with van der Waals surface area (Å²) >= 11 is 3.09. The Labute approximate surface area is 95.2 Å². The van der Waals surface area contributed by atoms with Gasteiger partial charge in [0, 0.05) is 7.11 Å². The van der Waals surface area contributed by atoms with Crippen LogP contribution in [0.5, 0.6) is 5.75 Å². The van der Waals surface area contributed by atoms with Crippen molar-refractivity contribution in [2.75, 3.05) is 20.3 Å². The number of pyridine rings is 1. The van der Waals surface area contributed by atoms with Crippen molar-refractivity contribution in [3.05, 3.63) is 22.4 Å². The highest BCUT2D eigenvalue weighted by Gasteiger charge is 2.13. The number of halogens is 1. The summed E-state index contributed by atoms with van der Waals surface area (Å²) in [5.41, 5.74) is -0.111. The maximum absolute atomic E-state index is 10.8. The van der Waals surface area contributed by atoms with Gasteiger partial charge in [0.15, 0.2) is 11.4 Å². The number of carbonyl (C=O) groups is 1. The van der Waals surface area contributed by atoms with Gasteiger partial charge in [0.2, 0.25) is 0 Å². The zero-order valence-corrected chi connectivity index (χ0v) is 9.65. The number of hydrogen-bond acceptors (Lipinski definition) is 4. The summed E-state index contributed by atoms with van der Waals surface area (Å²) in [7, 11) is 1.54. The highest BCUT2D eigenvalue weighted by Crippen LogP contribution is 2.19. The van der Waals surface area contributed by atoms with E-state index in [-0.39, 0.29) is 11.4 Å². The summed E-state index contributed by atoms with van der Waals surface area (Å²) in [5, 5.41) is 8.85. The Morgan fingerprint density at radius 1 is 1.53 bits per heavy atom. The lowest BCUT2D eigenvalue weighted by Gasteiger charge is -2.07. The fourth-order valence-electron chi connectivity index (χ4n) is 0.927. The molecule has 1 aromatic heterocycles. The van der Waals surface area contributed by atoms with Crippen LogP contribution in [0.2, 0.25) is 0 Å². The van der Waals surface area contributed by atoms with Gasteiger partial charge in [-0.3, -0.25) is 0 Å². The van der Waals surface area contributed by atoms with Crippen LogP contribution in [0.15, 0.2) is 16.7 Å². The zero-order chi connectivity index (χ0) is 11.3. The van der Waals surface area contributed by atoms with Crippen LogP contribution in [0, 0.1) is 0 Å². The van der Waals surface area contributed by atoms with Crippen LogP contribution in [-0.2, 0) is 4.74 Å². The summed E-state index contributed by atoms with van der Waals surface area (Å²) in [6, 6.07) is 3.17. The Hall–Kier alpha value is -1.14. The molecule has 0 spiro atoms. The smallest absolute Gasteiger partial charge is 0.358 e. The van der Waals surface area contributed by atoms with Gasteiger partial charge in [-0.05, 0) is 28.1 Å². The average Bonchev–Trinajstić information content (AvgIpc) is 2.20. The Morgan fingerprint density at radius 2 is 2.27 bits per heavy atom. The standard InChI is InChI=1S/C9H10BrNO4/c1-14-4-5-15-6-2-3-7(10)11-8(6)9(12)13/h2-3H,4-5H2,1H3,(H,12,13). The van der Waals surface area contributed by atoms with Gasteiger partial charge in [0.1, 0.15) is 11.2 Å². The molecule has 0 radical (unpaired) electrons. The maximum Gasteiger partial charge on any atom is 0.358 e. The van der Waals surface area contributed by atoms with E-state index in [2.05, 4.69) is 20.9 Å². The minimum absolute atomic E-state index is 0.111. The molecule has 1 rings (SSSR count). The van der Waals surface area contributed by atoms with Crippen molar-refractivity contribution in [3.8, 4) is 5.75 Å². The van der Waals surface area contributed by atoms with Crippen LogP contribution < -0.4 is 4.74 Å². The molecule has 0 fully saturated rings. The van der Waals surface area contributed by atoms with Crippen molar-refractivity contribution in [3.63, 3.8) is 0 Å². The third kappa shape index (κ3) is 3.49. The summed E-state index contributed by atoms with van der Waals surface area (Å²) in [5.74, 6) is -0.883. The van der Waals surface area contributed by atoms with Crippen molar-refractivity contribution in [1.29, 1.82) is 0 Å². The minimum Gasteiger partial charge on any atom is -0.489 e. The molecular formula is C9H10BrNO4. The fourth-order valence-corrected chi connectivity index (χ4v) is 1.24. The highest BCUT2D eigenvalue weighted by atomic mass is 79.9. The van der Waals surface area contributed by atoms with Gasteiger partial charge in [-0.1, -0.05) is 0 Å². The minimum atomic E-state index is -1.12. The average molecular weight is 276 g/mol. The fraction of sp³-hybridized carbons (Fsp3) is 0.333. The molecule has 0 unspecified atom stereocenters. The van der Waals surface area contributed by atoms with Crippen LogP contribution in [-0.4, -0.2) is 36.4 Å². The molecule has 0 aliphatic heterocycles. The van der Waals surface area contributed by atoms with Crippen molar-refractivity contribution < 1.29 is 19.4 Å². The largest absolute Gasteiger partial charge is 0.489 e. The Morgan fingerprint density at radius 3 is 2.87 bits per heavy atom. The van der Waals surface area contributed by atoms with E-state index in [9.17, 15) is 4.79 Å². The Bertz CT molecular complexity index is 356. The summed E-state index contributed by atoms with van der Waals surface area (Å²) in [6.45, 7) is 0.690. The van der Waals surface area contributed by atoms with E-state index in [1.165, 1.54) is 0 Å². The molecule has 0 saturated heterocycles. The lowest BCUT2D eigenvalue weighted by Crippen LogP contribution is -2.09. The van der Waals surface area contributed by atoms with Crippen molar-refractivity contribution in [2.45, 2.75) is 0 Å². The molecule has 15 heavy (non-hydrogen) atoms. The van der Waals surface area contributed by atoms with Crippen LogP contribution in [0.25, 0.3) is 0 Å². The first-order chi connectivity index (χ1) is 7.15. The number of aromatic nitrogens is 1. The quantitative estimate of drug-likeness (QED) is 0.653. The van der Waals surface area contributed by atoms with Gasteiger partial charge in [-0.2, -0.15) is 0 Å². The van der Waals surface area contributed by atoms with E-state index in [0.29, 0.717) is 17.8 Å². The van der Waals surface area contributed by atoms with Crippen molar-refractivity contribution in [1.82, 2.24) is 4.98 Å². The van der Waals surface area contributed by atoms with E-state index < -0.39 is 5.97 Å². The van der Waals surface area contributed by atoms with Gasteiger partial charge in [0.25, 0.3) is 0 Å². The number of nitrogens with zero attached hydrogens (tertiary/aromatic N) is 1. The molecule has 1 aromatic rings. The maximum atomic E-state index is 10.8. The molecular weight excluding hydrogens is 266 g/mol. The SMILES string of the molecule is COCCOc1ccc(Br)nc1C(=O)O. The predicted octanol–water partition coefficient (Wildman–Crippen LogP) is 1.57. The zero-order valence-electron chi connectivity index (χ0n) is 8.07. The molecule has 82 valence electrons. The summed E-state index contributed by atoms with van der Waals surface area (Å²) in [4.78, 5) is 14.6. The molecule has 0 aromatic carbocycles. The van der Waals surface area contributed by atoms with E-state index in [4.69, 9.17) is 14.6 Å². The van der Waals surface area contributed by atoms with Gasteiger partial charge in [-0.15, -0.1) is 0 Å². The lowest BCUT2D eigenvalue weighted by atomic mass is 10.3. The molecule has 0 atom stereocenters. The van der Waals surface area contributed by atoms with E-state index in [0.717, 1.165) is 0 Å². The Kier molecular flexibility index (Phi) is 4.51. The third-order valence-electron chi connectivity index (χ3n) is 1.57. The summed E-state index contributed by atoms with van der Waals surface area (Å²) in [6.07, 6.45) is 0. The van der Waals surface area contributed by atoms with E-state index >= 15 is 0 Å². The Balaban J connectivity index is 2.81. The first kappa shape index (κ1) is 11.9. The molecule has 1 heterocycles. The molecule has 0 amide bonds. The van der Waals surface area contributed by atoms with Crippen molar-refractivity contribution >= 4 is 21.9 Å². The van der Waals surface area contributed by atoms with Gasteiger partial charge in [-0.25, -0.2) is 9.78 Å². The van der Waals surface area contributed by atoms with E-state index in [1.54, 1.807) is 19.2 Å². The first-order valence-electron chi connectivity index (χ1n) is 4.16. The molecule has 0 bridgehead atoms. The monoisotopic (exact) mass is 275 g/mol. The number of carboxylic acid groups (broad SMARTS) is 1. The number of carboxylic acids is 1.